The fourth-order valence-electron chi connectivity index (χ4n) is 4.81. The molecule has 3 rings (SSSR count). The van der Waals surface area contributed by atoms with Gasteiger partial charge < -0.3 is 47.9 Å². The van der Waals surface area contributed by atoms with Crippen molar-refractivity contribution >= 4 is 40.6 Å². The Morgan fingerprint density at radius 2 is 1.93 bits per heavy atom. The normalized spacial score (nSPS) is 18.0. The molecule has 1 fully saturated rings. The Kier molecular flexibility index (Phi) is 10.4. The number of guanidine groups is 1. The summed E-state index contributed by atoms with van der Waals surface area (Å²) in [6.45, 7) is 1.71. The van der Waals surface area contributed by atoms with Crippen molar-refractivity contribution in [3.05, 3.63) is 36.0 Å². The third-order valence-electron chi connectivity index (χ3n) is 6.90. The highest BCUT2D eigenvalue weighted by Gasteiger charge is 2.39. The van der Waals surface area contributed by atoms with Crippen LogP contribution in [-0.2, 0) is 25.6 Å². The second-order valence-electron chi connectivity index (χ2n) is 9.93. The monoisotopic (exact) mass is 558 g/mol. The molecule has 0 bridgehead atoms. The minimum absolute atomic E-state index is 0.102. The Morgan fingerprint density at radius 1 is 1.20 bits per heavy atom. The Balaban J connectivity index is 1.73. The molecular formula is C26H38N8O6. The highest BCUT2D eigenvalue weighted by Crippen LogP contribution is 2.21. The molecule has 5 atom stereocenters. The van der Waals surface area contributed by atoms with Gasteiger partial charge >= 0.3 is 5.97 Å². The third-order valence-corrected chi connectivity index (χ3v) is 6.90. The van der Waals surface area contributed by atoms with E-state index in [1.54, 1.807) is 6.20 Å². The number of likely N-dealkylation sites (tertiary alicyclic amines) is 1. The number of hydrogen-bond donors (Lipinski definition) is 8. The molecule has 0 aliphatic carbocycles. The standard InChI is InChI=1S/C26H38N8O6/c1-14(35)21(25(39)40)33-23(37)20-9-5-11-34(20)24(38)19(8-4-10-30-26(28)29)32-22(36)17(27)12-15-13-31-18-7-3-2-6-16(15)18/h2-3,6-7,13-14,17,19-21,31,35H,4-5,8-12,27H2,1H3,(H,32,36)(H,33,37)(H,39,40)(H4,28,29,30). The number of para-hydroxylation sites is 1. The van der Waals surface area contributed by atoms with E-state index in [2.05, 4.69) is 20.6 Å². The summed E-state index contributed by atoms with van der Waals surface area (Å²) in [5, 5.41) is 25.0. The predicted octanol–water partition coefficient (Wildman–Crippen LogP) is -1.48. The van der Waals surface area contributed by atoms with Crippen molar-refractivity contribution < 1.29 is 29.4 Å². The number of aliphatic hydroxyl groups excluding tert-OH is 1. The Morgan fingerprint density at radius 3 is 2.60 bits per heavy atom. The fourth-order valence-corrected chi connectivity index (χ4v) is 4.81. The molecule has 40 heavy (non-hydrogen) atoms. The zero-order valence-corrected chi connectivity index (χ0v) is 22.4. The molecule has 1 aromatic carbocycles. The number of aliphatic hydroxyl groups is 1. The van der Waals surface area contributed by atoms with Crippen molar-refractivity contribution in [3.63, 3.8) is 0 Å². The number of benzene rings is 1. The summed E-state index contributed by atoms with van der Waals surface area (Å²) < 4.78 is 0. The maximum Gasteiger partial charge on any atom is 0.328 e. The van der Waals surface area contributed by atoms with Gasteiger partial charge in [-0.1, -0.05) is 18.2 Å². The van der Waals surface area contributed by atoms with Gasteiger partial charge in [-0.2, -0.15) is 0 Å². The number of carbonyl (C=O) groups is 4. The summed E-state index contributed by atoms with van der Waals surface area (Å²) in [6, 6.07) is 3.17. The maximum absolute atomic E-state index is 13.6. The van der Waals surface area contributed by atoms with Crippen LogP contribution in [0.3, 0.4) is 0 Å². The molecule has 218 valence electrons. The first kappa shape index (κ1) is 30.4. The molecule has 5 unspecified atom stereocenters. The number of nitrogens with zero attached hydrogens (tertiary/aromatic N) is 2. The lowest BCUT2D eigenvalue weighted by molar-refractivity contribution is -0.147. The smallest absolute Gasteiger partial charge is 0.328 e. The van der Waals surface area contributed by atoms with E-state index in [1.807, 2.05) is 24.3 Å². The van der Waals surface area contributed by atoms with Gasteiger partial charge in [-0.25, -0.2) is 4.79 Å². The van der Waals surface area contributed by atoms with Gasteiger partial charge in [-0.05, 0) is 50.7 Å². The van der Waals surface area contributed by atoms with Crippen LogP contribution >= 0.6 is 0 Å². The molecule has 1 aromatic heterocycles. The number of nitrogens with one attached hydrogen (secondary N) is 3. The number of H-pyrrole nitrogens is 1. The van der Waals surface area contributed by atoms with Gasteiger partial charge in [-0.15, -0.1) is 0 Å². The van der Waals surface area contributed by atoms with Crippen LogP contribution in [0.2, 0.25) is 0 Å². The second kappa shape index (κ2) is 13.8. The number of aliphatic carboxylic acids is 1. The van der Waals surface area contributed by atoms with Crippen LogP contribution in [0.15, 0.2) is 35.5 Å². The van der Waals surface area contributed by atoms with Crippen LogP contribution in [0.4, 0.5) is 0 Å². The SMILES string of the molecule is CC(O)C(NC(=O)C1CCCN1C(=O)C(CCCN=C(N)N)NC(=O)C(N)Cc1c[nH]c2ccccc12)C(=O)O. The molecule has 0 radical (unpaired) electrons. The van der Waals surface area contributed by atoms with Gasteiger partial charge in [0, 0.05) is 30.2 Å². The van der Waals surface area contributed by atoms with Crippen LogP contribution in [-0.4, -0.2) is 93.1 Å². The third kappa shape index (κ3) is 7.70. The molecule has 2 aromatic rings. The predicted molar refractivity (Wildman–Crippen MR) is 148 cm³/mol. The Labute approximate surface area is 231 Å². The summed E-state index contributed by atoms with van der Waals surface area (Å²) in [6.07, 6.45) is 2.03. The molecule has 2 heterocycles. The molecule has 11 N–H and O–H groups in total. The molecule has 0 saturated carbocycles. The molecule has 1 saturated heterocycles. The number of carbonyl (C=O) groups excluding carboxylic acids is 3. The van der Waals surface area contributed by atoms with Crippen molar-refractivity contribution in [2.45, 2.75) is 69.3 Å². The number of amides is 3. The van der Waals surface area contributed by atoms with Gasteiger partial charge in [-0.3, -0.25) is 19.4 Å². The van der Waals surface area contributed by atoms with E-state index in [1.165, 1.54) is 11.8 Å². The maximum atomic E-state index is 13.6. The van der Waals surface area contributed by atoms with Crippen LogP contribution in [0.25, 0.3) is 10.9 Å². The summed E-state index contributed by atoms with van der Waals surface area (Å²) in [7, 11) is 0. The van der Waals surface area contributed by atoms with Crippen LogP contribution in [0.5, 0.6) is 0 Å². The van der Waals surface area contributed by atoms with Crippen molar-refractivity contribution in [1.29, 1.82) is 0 Å². The average Bonchev–Trinajstić information content (AvgIpc) is 3.55. The number of aliphatic imine (C=N–C) groups is 1. The van der Waals surface area contributed by atoms with E-state index in [0.29, 0.717) is 19.3 Å². The number of carboxylic acid groups (broad SMARTS) is 1. The number of hydrogen-bond acceptors (Lipinski definition) is 7. The van der Waals surface area contributed by atoms with Crippen molar-refractivity contribution in [2.24, 2.45) is 22.2 Å². The largest absolute Gasteiger partial charge is 0.480 e. The van der Waals surface area contributed by atoms with Crippen molar-refractivity contribution in [3.8, 4) is 0 Å². The molecule has 1 aliphatic heterocycles. The highest BCUT2D eigenvalue weighted by atomic mass is 16.4. The topological polar surface area (TPSA) is 242 Å². The summed E-state index contributed by atoms with van der Waals surface area (Å²) in [5.74, 6) is -3.23. The summed E-state index contributed by atoms with van der Waals surface area (Å²) in [4.78, 5) is 59.5. The van der Waals surface area contributed by atoms with Gasteiger partial charge in [0.15, 0.2) is 12.0 Å². The van der Waals surface area contributed by atoms with E-state index in [4.69, 9.17) is 17.2 Å². The Hall–Kier alpha value is -4.17. The lowest BCUT2D eigenvalue weighted by atomic mass is 10.0. The number of fused-ring (bicyclic) bond motifs is 1. The number of rotatable bonds is 13. The lowest BCUT2D eigenvalue weighted by Crippen LogP contribution is -2.58. The summed E-state index contributed by atoms with van der Waals surface area (Å²) in [5.41, 5.74) is 18.8. The molecule has 1 aliphatic rings. The van der Waals surface area contributed by atoms with Gasteiger partial charge in [0.1, 0.15) is 12.1 Å². The Bertz CT molecular complexity index is 1240. The summed E-state index contributed by atoms with van der Waals surface area (Å²) >= 11 is 0. The molecule has 14 nitrogen and oxygen atoms in total. The number of aromatic nitrogens is 1. The van der Waals surface area contributed by atoms with Gasteiger partial charge in [0.05, 0.1) is 12.1 Å². The van der Waals surface area contributed by atoms with Gasteiger partial charge in [0.25, 0.3) is 0 Å². The first-order valence-corrected chi connectivity index (χ1v) is 13.2. The van der Waals surface area contributed by atoms with Crippen LogP contribution in [0.1, 0.15) is 38.2 Å². The van der Waals surface area contributed by atoms with E-state index in [-0.39, 0.29) is 31.9 Å². The number of carboxylic acids is 1. The highest BCUT2D eigenvalue weighted by molar-refractivity contribution is 5.95. The van der Waals surface area contributed by atoms with E-state index < -0.39 is 54.0 Å². The minimum atomic E-state index is -1.53. The zero-order chi connectivity index (χ0) is 29.4. The van der Waals surface area contributed by atoms with Crippen molar-refractivity contribution in [1.82, 2.24) is 20.5 Å². The lowest BCUT2D eigenvalue weighted by Gasteiger charge is -2.30. The minimum Gasteiger partial charge on any atom is -0.480 e. The van der Waals surface area contributed by atoms with E-state index in [9.17, 15) is 29.4 Å². The number of aromatic amines is 1. The van der Waals surface area contributed by atoms with Gasteiger partial charge in [0.2, 0.25) is 17.7 Å². The zero-order valence-electron chi connectivity index (χ0n) is 22.4. The molecule has 14 heteroatoms. The van der Waals surface area contributed by atoms with E-state index >= 15 is 0 Å². The first-order chi connectivity index (χ1) is 19.0. The first-order valence-electron chi connectivity index (χ1n) is 13.2. The van der Waals surface area contributed by atoms with Crippen LogP contribution in [0, 0.1) is 0 Å². The number of nitrogens with two attached hydrogens (primary N) is 3. The molecule has 0 spiro atoms. The van der Waals surface area contributed by atoms with Crippen molar-refractivity contribution in [2.75, 3.05) is 13.1 Å². The van der Waals surface area contributed by atoms with Crippen LogP contribution < -0.4 is 27.8 Å². The molecular weight excluding hydrogens is 520 g/mol. The van der Waals surface area contributed by atoms with E-state index in [0.717, 1.165) is 16.5 Å². The second-order valence-corrected chi connectivity index (χ2v) is 9.93. The average molecular weight is 559 g/mol. The quantitative estimate of drug-likeness (QED) is 0.0810. The fraction of sp³-hybridized carbons (Fsp3) is 0.500. The molecule has 3 amide bonds.